The number of hydrogen-bond donors (Lipinski definition) is 2. The van der Waals surface area contributed by atoms with Crippen molar-refractivity contribution in [1.29, 1.82) is 0 Å². The quantitative estimate of drug-likeness (QED) is 0.707. The third-order valence-corrected chi connectivity index (χ3v) is 4.57. The van der Waals surface area contributed by atoms with Gasteiger partial charge in [-0.05, 0) is 17.7 Å². The van der Waals surface area contributed by atoms with E-state index in [1.807, 2.05) is 24.3 Å². The number of benzene rings is 2. The van der Waals surface area contributed by atoms with E-state index in [0.29, 0.717) is 6.42 Å². The number of fused-ring (bicyclic) bond motifs is 1. The van der Waals surface area contributed by atoms with E-state index in [1.165, 1.54) is 12.1 Å². The molecule has 0 saturated carbocycles. The van der Waals surface area contributed by atoms with Crippen molar-refractivity contribution in [2.75, 3.05) is 0 Å². The normalized spacial score (nSPS) is 17.2. The second-order valence-electron chi connectivity index (χ2n) is 6.20. The molecule has 2 N–H and O–H groups in total. The van der Waals surface area contributed by atoms with Gasteiger partial charge in [0.25, 0.3) is 5.91 Å². The van der Waals surface area contributed by atoms with Gasteiger partial charge in [-0.2, -0.15) is 0 Å². The number of urea groups is 1. The van der Waals surface area contributed by atoms with Gasteiger partial charge in [0.2, 0.25) is 0 Å². The largest absolute Gasteiger partial charge is 0.361 e. The van der Waals surface area contributed by atoms with Gasteiger partial charge in [0.15, 0.2) is 11.6 Å². The molecule has 1 aromatic heterocycles. The molecule has 0 radical (unpaired) electrons. The summed E-state index contributed by atoms with van der Waals surface area (Å²) in [5.74, 6) is -2.51. The van der Waals surface area contributed by atoms with E-state index >= 15 is 0 Å². The van der Waals surface area contributed by atoms with Crippen LogP contribution in [0.1, 0.15) is 11.1 Å². The molecule has 2 aromatic carbocycles. The Labute approximate surface area is 147 Å². The number of imide groups is 1. The van der Waals surface area contributed by atoms with Crippen LogP contribution in [0.5, 0.6) is 0 Å². The van der Waals surface area contributed by atoms with Gasteiger partial charge in [-0.15, -0.1) is 0 Å². The van der Waals surface area contributed by atoms with Gasteiger partial charge in [0.1, 0.15) is 6.04 Å². The van der Waals surface area contributed by atoms with Crippen LogP contribution in [0, 0.1) is 11.6 Å². The number of aromatic nitrogens is 1. The fourth-order valence-electron chi connectivity index (χ4n) is 3.23. The van der Waals surface area contributed by atoms with E-state index in [0.717, 1.165) is 27.4 Å². The van der Waals surface area contributed by atoms with Crippen molar-refractivity contribution < 1.29 is 18.4 Å². The highest BCUT2D eigenvalue weighted by molar-refractivity contribution is 6.04. The van der Waals surface area contributed by atoms with E-state index in [1.54, 1.807) is 6.20 Å². The van der Waals surface area contributed by atoms with Crippen LogP contribution >= 0.6 is 0 Å². The van der Waals surface area contributed by atoms with E-state index in [4.69, 9.17) is 0 Å². The summed E-state index contributed by atoms with van der Waals surface area (Å²) in [5.41, 5.74) is 1.80. The SMILES string of the molecule is O=C1N[C@@H](Cc2c[nH]c3ccccc23)C(=O)N1Cc1cccc(F)c1F. The third kappa shape index (κ3) is 2.71. The summed E-state index contributed by atoms with van der Waals surface area (Å²) < 4.78 is 27.2. The topological polar surface area (TPSA) is 65.2 Å². The van der Waals surface area contributed by atoms with Gasteiger partial charge >= 0.3 is 6.03 Å². The maximum absolute atomic E-state index is 13.8. The average molecular weight is 355 g/mol. The van der Waals surface area contributed by atoms with Crippen molar-refractivity contribution in [2.24, 2.45) is 0 Å². The molecule has 132 valence electrons. The first-order chi connectivity index (χ1) is 12.5. The minimum Gasteiger partial charge on any atom is -0.361 e. The van der Waals surface area contributed by atoms with Crippen LogP contribution in [-0.4, -0.2) is 27.9 Å². The summed E-state index contributed by atoms with van der Waals surface area (Å²) in [5, 5.41) is 3.59. The number of aromatic amines is 1. The molecule has 3 aromatic rings. The molecule has 7 heteroatoms. The summed E-state index contributed by atoms with van der Waals surface area (Å²) in [4.78, 5) is 28.8. The molecule has 0 bridgehead atoms. The maximum atomic E-state index is 13.8. The number of para-hydroxylation sites is 1. The predicted octanol–water partition coefficient (Wildman–Crippen LogP) is 3.11. The molecule has 4 rings (SSSR count). The van der Waals surface area contributed by atoms with Crippen LogP contribution in [0.3, 0.4) is 0 Å². The summed E-state index contributed by atoms with van der Waals surface area (Å²) in [6, 6.07) is 10.00. The number of H-pyrrole nitrogens is 1. The molecule has 3 amide bonds. The molecule has 1 aliphatic heterocycles. The van der Waals surface area contributed by atoms with Gasteiger partial charge in [-0.25, -0.2) is 13.6 Å². The molecule has 0 unspecified atom stereocenters. The fourth-order valence-corrected chi connectivity index (χ4v) is 3.23. The summed E-state index contributed by atoms with van der Waals surface area (Å²) >= 11 is 0. The first kappa shape index (κ1) is 16.3. The lowest BCUT2D eigenvalue weighted by Crippen LogP contribution is -2.32. The fraction of sp³-hybridized carbons (Fsp3) is 0.158. The minimum atomic E-state index is -1.05. The Balaban J connectivity index is 1.54. The van der Waals surface area contributed by atoms with Gasteiger partial charge in [0.05, 0.1) is 6.54 Å². The summed E-state index contributed by atoms with van der Waals surface area (Å²) in [6.07, 6.45) is 2.12. The Morgan fingerprint density at radius 1 is 1.00 bits per heavy atom. The van der Waals surface area contributed by atoms with Gasteiger partial charge in [-0.1, -0.05) is 30.3 Å². The van der Waals surface area contributed by atoms with Crippen molar-refractivity contribution in [3.05, 3.63) is 71.4 Å². The molecule has 2 heterocycles. The van der Waals surface area contributed by atoms with Crippen LogP contribution in [0.25, 0.3) is 10.9 Å². The molecule has 0 spiro atoms. The average Bonchev–Trinajstić information content (AvgIpc) is 3.15. The molecule has 1 fully saturated rings. The molecule has 26 heavy (non-hydrogen) atoms. The number of carbonyl (C=O) groups excluding carboxylic acids is 2. The Kier molecular flexibility index (Phi) is 3.91. The van der Waals surface area contributed by atoms with E-state index in [9.17, 15) is 18.4 Å². The van der Waals surface area contributed by atoms with Crippen LogP contribution in [0.4, 0.5) is 13.6 Å². The first-order valence-electron chi connectivity index (χ1n) is 8.14. The standard InChI is InChI=1S/C19H15F2N3O2/c20-14-6-3-4-11(17(14)21)10-24-18(25)16(23-19(24)26)8-12-9-22-15-7-2-1-5-13(12)15/h1-7,9,16,22H,8,10H2,(H,23,26)/t16-/m0/s1. The monoisotopic (exact) mass is 355 g/mol. The number of rotatable bonds is 4. The molecule has 1 aliphatic rings. The number of nitrogens with zero attached hydrogens (tertiary/aromatic N) is 1. The third-order valence-electron chi connectivity index (χ3n) is 4.57. The van der Waals surface area contributed by atoms with Crippen LogP contribution in [0.2, 0.25) is 0 Å². The summed E-state index contributed by atoms with van der Waals surface area (Å²) in [6.45, 7) is -0.307. The molecular weight excluding hydrogens is 340 g/mol. The lowest BCUT2D eigenvalue weighted by Gasteiger charge is -2.13. The Morgan fingerprint density at radius 2 is 1.81 bits per heavy atom. The van der Waals surface area contributed by atoms with Crippen molar-refractivity contribution in [3.63, 3.8) is 0 Å². The lowest BCUT2D eigenvalue weighted by atomic mass is 10.0. The maximum Gasteiger partial charge on any atom is 0.325 e. The van der Waals surface area contributed by atoms with Crippen LogP contribution in [-0.2, 0) is 17.8 Å². The predicted molar refractivity (Wildman–Crippen MR) is 91.2 cm³/mol. The van der Waals surface area contributed by atoms with Crippen molar-refractivity contribution >= 4 is 22.8 Å². The Bertz CT molecular complexity index is 1010. The molecule has 1 saturated heterocycles. The zero-order valence-corrected chi connectivity index (χ0v) is 13.6. The second kappa shape index (κ2) is 6.25. The Morgan fingerprint density at radius 3 is 2.65 bits per heavy atom. The van der Waals surface area contributed by atoms with Crippen LogP contribution in [0.15, 0.2) is 48.7 Å². The zero-order chi connectivity index (χ0) is 18.3. The number of hydrogen-bond acceptors (Lipinski definition) is 2. The molecule has 1 atom stereocenters. The van der Waals surface area contributed by atoms with Crippen molar-refractivity contribution in [1.82, 2.24) is 15.2 Å². The number of amides is 3. The number of halogens is 2. The smallest absolute Gasteiger partial charge is 0.325 e. The lowest BCUT2D eigenvalue weighted by molar-refractivity contribution is -0.127. The van der Waals surface area contributed by atoms with E-state index in [-0.39, 0.29) is 12.1 Å². The molecule has 5 nitrogen and oxygen atoms in total. The highest BCUT2D eigenvalue weighted by atomic mass is 19.2. The van der Waals surface area contributed by atoms with Gasteiger partial charge in [-0.3, -0.25) is 9.69 Å². The van der Waals surface area contributed by atoms with Gasteiger partial charge in [0, 0.05) is 29.1 Å². The molecule has 0 aliphatic carbocycles. The van der Waals surface area contributed by atoms with Crippen LogP contribution < -0.4 is 5.32 Å². The highest BCUT2D eigenvalue weighted by Crippen LogP contribution is 2.22. The summed E-state index contributed by atoms with van der Waals surface area (Å²) in [7, 11) is 0. The van der Waals surface area contributed by atoms with E-state index in [2.05, 4.69) is 10.3 Å². The van der Waals surface area contributed by atoms with Crippen molar-refractivity contribution in [3.8, 4) is 0 Å². The second-order valence-corrected chi connectivity index (χ2v) is 6.20. The van der Waals surface area contributed by atoms with Crippen molar-refractivity contribution in [2.45, 2.75) is 19.0 Å². The van der Waals surface area contributed by atoms with Gasteiger partial charge < -0.3 is 10.3 Å². The number of carbonyl (C=O) groups is 2. The zero-order valence-electron chi connectivity index (χ0n) is 13.6. The van der Waals surface area contributed by atoms with E-state index < -0.39 is 29.6 Å². The first-order valence-corrected chi connectivity index (χ1v) is 8.14. The highest BCUT2D eigenvalue weighted by Gasteiger charge is 2.38. The number of nitrogens with one attached hydrogen (secondary N) is 2. The Hall–Kier alpha value is -3.22. The minimum absolute atomic E-state index is 0.0405. The molecular formula is C19H15F2N3O2.